The van der Waals surface area contributed by atoms with Crippen LogP contribution in [0.4, 0.5) is 0 Å². The van der Waals surface area contributed by atoms with E-state index in [9.17, 15) is 4.79 Å². The number of rotatable bonds is 6. The molecule has 0 unspecified atom stereocenters. The van der Waals surface area contributed by atoms with Gasteiger partial charge in [0.25, 0.3) is 0 Å². The minimum Gasteiger partial charge on any atom is -0.339 e. The van der Waals surface area contributed by atoms with E-state index in [1.165, 1.54) is 0 Å². The van der Waals surface area contributed by atoms with Crippen LogP contribution in [0.3, 0.4) is 0 Å². The van der Waals surface area contributed by atoms with Crippen LogP contribution in [0.15, 0.2) is 12.2 Å². The van der Waals surface area contributed by atoms with E-state index in [4.69, 9.17) is 5.73 Å². The first-order valence-electron chi connectivity index (χ1n) is 5.97. The smallest absolute Gasteiger partial charge is 0.222 e. The molecule has 2 N–H and O–H groups in total. The lowest BCUT2D eigenvalue weighted by atomic mass is 10.1. The van der Waals surface area contributed by atoms with Crippen LogP contribution in [-0.2, 0) is 4.79 Å². The molecule has 0 aromatic heterocycles. The lowest BCUT2D eigenvalue weighted by Gasteiger charge is -2.23. The molecule has 3 heteroatoms. The molecule has 1 heterocycles. The topological polar surface area (TPSA) is 46.3 Å². The molecule has 0 saturated heterocycles. The van der Waals surface area contributed by atoms with Gasteiger partial charge in [0.05, 0.1) is 0 Å². The van der Waals surface area contributed by atoms with Crippen molar-refractivity contribution in [1.82, 2.24) is 4.90 Å². The van der Waals surface area contributed by atoms with Gasteiger partial charge in [-0.15, -0.1) is 0 Å². The zero-order valence-electron chi connectivity index (χ0n) is 9.45. The summed E-state index contributed by atoms with van der Waals surface area (Å²) in [6, 6.07) is 0. The van der Waals surface area contributed by atoms with Crippen LogP contribution in [-0.4, -0.2) is 30.4 Å². The van der Waals surface area contributed by atoms with Gasteiger partial charge in [-0.3, -0.25) is 4.79 Å². The van der Waals surface area contributed by atoms with Gasteiger partial charge in [0.1, 0.15) is 0 Å². The van der Waals surface area contributed by atoms with Crippen molar-refractivity contribution >= 4 is 5.91 Å². The number of nitrogens with zero attached hydrogens (tertiary/aromatic N) is 1. The molecule has 1 amide bonds. The van der Waals surface area contributed by atoms with Crippen molar-refractivity contribution in [3.63, 3.8) is 0 Å². The highest BCUT2D eigenvalue weighted by molar-refractivity contribution is 5.76. The minimum absolute atomic E-state index is 0.312. The van der Waals surface area contributed by atoms with Gasteiger partial charge in [-0.25, -0.2) is 0 Å². The molecule has 0 bridgehead atoms. The summed E-state index contributed by atoms with van der Waals surface area (Å²) in [5.74, 6) is 0.312. The Morgan fingerprint density at radius 1 is 1.20 bits per heavy atom. The largest absolute Gasteiger partial charge is 0.339 e. The average molecular weight is 210 g/mol. The number of hydrogen-bond acceptors (Lipinski definition) is 2. The van der Waals surface area contributed by atoms with E-state index in [0.717, 1.165) is 51.7 Å². The first-order valence-corrected chi connectivity index (χ1v) is 5.97. The molecule has 15 heavy (non-hydrogen) atoms. The third-order valence-corrected chi connectivity index (χ3v) is 2.76. The molecular formula is C12H22N2O. The third kappa shape index (κ3) is 4.98. The molecule has 0 aliphatic carbocycles. The van der Waals surface area contributed by atoms with Gasteiger partial charge in [0.2, 0.25) is 5.91 Å². The Hall–Kier alpha value is -0.830. The summed E-state index contributed by atoms with van der Waals surface area (Å²) in [7, 11) is 0. The summed E-state index contributed by atoms with van der Waals surface area (Å²) in [4.78, 5) is 13.6. The van der Waals surface area contributed by atoms with Gasteiger partial charge in [0, 0.05) is 19.5 Å². The first-order chi connectivity index (χ1) is 7.34. The van der Waals surface area contributed by atoms with E-state index >= 15 is 0 Å². The van der Waals surface area contributed by atoms with Crippen molar-refractivity contribution in [2.45, 2.75) is 38.5 Å². The fourth-order valence-electron chi connectivity index (χ4n) is 1.80. The van der Waals surface area contributed by atoms with E-state index in [-0.39, 0.29) is 0 Å². The molecule has 0 spiro atoms. The molecule has 0 aromatic carbocycles. The van der Waals surface area contributed by atoms with Gasteiger partial charge in [-0.2, -0.15) is 0 Å². The van der Waals surface area contributed by atoms with Crippen molar-refractivity contribution in [2.24, 2.45) is 5.73 Å². The fraction of sp³-hybridized carbons (Fsp3) is 0.750. The summed E-state index contributed by atoms with van der Waals surface area (Å²) < 4.78 is 0. The van der Waals surface area contributed by atoms with Crippen molar-refractivity contribution in [3.05, 3.63) is 12.2 Å². The number of carbonyl (C=O) groups excluding carboxylic acids is 1. The third-order valence-electron chi connectivity index (χ3n) is 2.76. The molecule has 0 saturated carbocycles. The quantitative estimate of drug-likeness (QED) is 0.535. The summed E-state index contributed by atoms with van der Waals surface area (Å²) in [5, 5.41) is 0. The molecule has 0 aromatic rings. The number of unbranched alkanes of at least 4 members (excludes halogenated alkanes) is 3. The predicted octanol–water partition coefficient (Wildman–Crippen LogP) is 1.68. The van der Waals surface area contributed by atoms with Gasteiger partial charge in [-0.1, -0.05) is 25.0 Å². The highest BCUT2D eigenvalue weighted by Gasteiger charge is 2.12. The van der Waals surface area contributed by atoms with E-state index in [1.54, 1.807) is 0 Å². The Morgan fingerprint density at radius 3 is 2.67 bits per heavy atom. The van der Waals surface area contributed by atoms with Crippen LogP contribution < -0.4 is 5.73 Å². The Balaban J connectivity index is 2.05. The summed E-state index contributed by atoms with van der Waals surface area (Å²) in [6.45, 7) is 2.48. The Bertz CT molecular complexity index is 214. The van der Waals surface area contributed by atoms with Crippen molar-refractivity contribution in [2.75, 3.05) is 19.6 Å². The van der Waals surface area contributed by atoms with Gasteiger partial charge >= 0.3 is 0 Å². The Morgan fingerprint density at radius 2 is 2.00 bits per heavy atom. The van der Waals surface area contributed by atoms with Crippen LogP contribution in [0.1, 0.15) is 38.5 Å². The molecule has 1 aliphatic heterocycles. The summed E-state index contributed by atoms with van der Waals surface area (Å²) >= 11 is 0. The molecule has 1 rings (SSSR count). The maximum Gasteiger partial charge on any atom is 0.222 e. The Kier molecular flexibility index (Phi) is 6.09. The highest BCUT2D eigenvalue weighted by atomic mass is 16.2. The van der Waals surface area contributed by atoms with Gasteiger partial charge in [-0.05, 0) is 25.8 Å². The summed E-state index contributed by atoms with van der Waals surface area (Å²) in [6.07, 6.45) is 10.3. The van der Waals surface area contributed by atoms with Crippen LogP contribution in [0.5, 0.6) is 0 Å². The maximum atomic E-state index is 11.7. The van der Waals surface area contributed by atoms with Crippen molar-refractivity contribution in [3.8, 4) is 0 Å². The second-order valence-corrected chi connectivity index (χ2v) is 4.05. The van der Waals surface area contributed by atoms with E-state index in [2.05, 4.69) is 12.2 Å². The zero-order chi connectivity index (χ0) is 10.9. The van der Waals surface area contributed by atoms with E-state index < -0.39 is 0 Å². The average Bonchev–Trinajstić information content (AvgIpc) is 2.30. The number of carbonyl (C=O) groups is 1. The second-order valence-electron chi connectivity index (χ2n) is 4.05. The lowest BCUT2D eigenvalue weighted by molar-refractivity contribution is -0.130. The highest BCUT2D eigenvalue weighted by Crippen LogP contribution is 2.08. The number of nitrogens with two attached hydrogens (primary N) is 1. The van der Waals surface area contributed by atoms with Crippen LogP contribution in [0.2, 0.25) is 0 Å². The van der Waals surface area contributed by atoms with Gasteiger partial charge in [0.15, 0.2) is 0 Å². The normalized spacial score (nSPS) is 15.7. The van der Waals surface area contributed by atoms with Crippen LogP contribution >= 0.6 is 0 Å². The molecule has 0 fully saturated rings. The lowest BCUT2D eigenvalue weighted by Crippen LogP contribution is -2.33. The van der Waals surface area contributed by atoms with E-state index in [1.807, 2.05) is 4.90 Å². The molecule has 0 radical (unpaired) electrons. The number of amides is 1. The summed E-state index contributed by atoms with van der Waals surface area (Å²) in [5.41, 5.74) is 5.40. The zero-order valence-corrected chi connectivity index (χ0v) is 9.45. The monoisotopic (exact) mass is 210 g/mol. The Labute approximate surface area is 92.3 Å². The number of hydrogen-bond donors (Lipinski definition) is 1. The van der Waals surface area contributed by atoms with E-state index in [0.29, 0.717) is 12.3 Å². The standard InChI is InChI=1S/C12H22N2O/c13-9-5-2-1-4-8-12(15)14-10-6-3-7-11-14/h3,6H,1-2,4-5,7-11,13H2. The maximum absolute atomic E-state index is 11.7. The van der Waals surface area contributed by atoms with Crippen LogP contribution in [0.25, 0.3) is 0 Å². The minimum atomic E-state index is 0.312. The molecule has 86 valence electrons. The molecule has 1 aliphatic rings. The SMILES string of the molecule is NCCCCCCC(=O)N1CC=CCC1. The second kappa shape index (κ2) is 7.46. The van der Waals surface area contributed by atoms with Crippen molar-refractivity contribution < 1.29 is 4.79 Å². The molecule has 3 nitrogen and oxygen atoms in total. The molecule has 0 atom stereocenters. The molecular weight excluding hydrogens is 188 g/mol. The fourth-order valence-corrected chi connectivity index (χ4v) is 1.80. The predicted molar refractivity (Wildman–Crippen MR) is 62.5 cm³/mol. The van der Waals surface area contributed by atoms with Crippen molar-refractivity contribution in [1.29, 1.82) is 0 Å². The van der Waals surface area contributed by atoms with Gasteiger partial charge < -0.3 is 10.6 Å². The van der Waals surface area contributed by atoms with Crippen LogP contribution in [0, 0.1) is 0 Å². The first kappa shape index (κ1) is 12.2.